The first-order valence-electron chi connectivity index (χ1n) is 6.41. The first kappa shape index (κ1) is 14.8. The molecule has 0 saturated carbocycles. The number of methoxy groups -OCH3 is 1. The van der Waals surface area contributed by atoms with Crippen LogP contribution in [-0.4, -0.2) is 32.8 Å². The number of nitrogens with zero attached hydrogens (tertiary/aromatic N) is 4. The van der Waals surface area contributed by atoms with Crippen LogP contribution in [0.4, 0.5) is 5.13 Å². The average molecular weight is 335 g/mol. The normalized spacial score (nSPS) is 10.8. The van der Waals surface area contributed by atoms with Gasteiger partial charge in [0, 0.05) is 19.5 Å². The number of aryl methyl sites for hydroxylation is 1. The lowest BCUT2D eigenvalue weighted by molar-refractivity contribution is 0.102. The highest BCUT2D eigenvalue weighted by Gasteiger charge is 2.17. The van der Waals surface area contributed by atoms with Crippen molar-refractivity contribution < 1.29 is 9.53 Å². The lowest BCUT2D eigenvalue weighted by Gasteiger charge is -1.98. The summed E-state index contributed by atoms with van der Waals surface area (Å²) in [5, 5.41) is 12.5. The van der Waals surface area contributed by atoms with Gasteiger partial charge in [-0.3, -0.25) is 10.1 Å². The van der Waals surface area contributed by atoms with E-state index >= 15 is 0 Å². The van der Waals surface area contributed by atoms with Gasteiger partial charge < -0.3 is 9.30 Å². The summed E-state index contributed by atoms with van der Waals surface area (Å²) in [6, 6.07) is 3.82. The quantitative estimate of drug-likeness (QED) is 0.774. The zero-order valence-electron chi connectivity index (χ0n) is 11.9. The Balaban J connectivity index is 1.77. The number of hydrogen-bond acceptors (Lipinski definition) is 7. The molecule has 0 aliphatic carbocycles. The topological polar surface area (TPSA) is 81.9 Å². The maximum atomic E-state index is 12.3. The number of carbonyl (C=O) groups is 1. The summed E-state index contributed by atoms with van der Waals surface area (Å²) < 4.78 is 6.85. The molecule has 0 atom stereocenters. The SMILES string of the molecule is COCc1nnc(NC(=O)c2sc(-n3cccc3)nc2C)s1. The fourth-order valence-electron chi connectivity index (χ4n) is 1.81. The molecule has 1 amide bonds. The Morgan fingerprint density at radius 1 is 1.32 bits per heavy atom. The van der Waals surface area contributed by atoms with E-state index in [4.69, 9.17) is 4.74 Å². The van der Waals surface area contributed by atoms with Crippen molar-refractivity contribution in [2.75, 3.05) is 12.4 Å². The summed E-state index contributed by atoms with van der Waals surface area (Å²) in [5.41, 5.74) is 0.688. The van der Waals surface area contributed by atoms with Gasteiger partial charge in [0.2, 0.25) is 5.13 Å². The third kappa shape index (κ3) is 3.06. The third-order valence-corrected chi connectivity index (χ3v) is 4.75. The van der Waals surface area contributed by atoms with Gasteiger partial charge in [0.15, 0.2) is 5.13 Å². The number of anilines is 1. The van der Waals surface area contributed by atoms with Gasteiger partial charge in [0.1, 0.15) is 16.5 Å². The lowest BCUT2D eigenvalue weighted by Crippen LogP contribution is -2.11. The molecule has 3 heterocycles. The van der Waals surface area contributed by atoms with Crippen molar-refractivity contribution >= 4 is 33.7 Å². The van der Waals surface area contributed by atoms with E-state index < -0.39 is 0 Å². The highest BCUT2D eigenvalue weighted by molar-refractivity contribution is 7.17. The van der Waals surface area contributed by atoms with Gasteiger partial charge in [0.25, 0.3) is 5.91 Å². The van der Waals surface area contributed by atoms with Crippen LogP contribution < -0.4 is 5.32 Å². The maximum absolute atomic E-state index is 12.3. The number of ether oxygens (including phenoxy) is 1. The third-order valence-electron chi connectivity index (χ3n) is 2.77. The van der Waals surface area contributed by atoms with Crippen LogP contribution in [-0.2, 0) is 11.3 Å². The van der Waals surface area contributed by atoms with Crippen LogP contribution in [0.15, 0.2) is 24.5 Å². The van der Waals surface area contributed by atoms with Gasteiger partial charge in [-0.05, 0) is 19.1 Å². The molecule has 0 aromatic carbocycles. The number of nitrogens with one attached hydrogen (secondary N) is 1. The number of carbonyl (C=O) groups excluding carboxylic acids is 1. The van der Waals surface area contributed by atoms with Crippen molar-refractivity contribution in [3.8, 4) is 5.13 Å². The molecule has 9 heteroatoms. The molecule has 0 fully saturated rings. The highest BCUT2D eigenvalue weighted by Crippen LogP contribution is 2.24. The molecule has 22 heavy (non-hydrogen) atoms. The second kappa shape index (κ2) is 6.34. The molecular formula is C13H13N5O2S2. The highest BCUT2D eigenvalue weighted by atomic mass is 32.1. The fourth-order valence-corrected chi connectivity index (χ4v) is 3.44. The van der Waals surface area contributed by atoms with Crippen LogP contribution in [0.2, 0.25) is 0 Å². The summed E-state index contributed by atoms with van der Waals surface area (Å²) in [6.07, 6.45) is 3.78. The maximum Gasteiger partial charge on any atom is 0.269 e. The van der Waals surface area contributed by atoms with Crippen LogP contribution >= 0.6 is 22.7 Å². The molecule has 0 saturated heterocycles. The van der Waals surface area contributed by atoms with Crippen LogP contribution in [0.3, 0.4) is 0 Å². The number of rotatable bonds is 5. The Bertz CT molecular complexity index is 778. The number of aromatic nitrogens is 4. The van der Waals surface area contributed by atoms with Crippen molar-refractivity contribution in [1.29, 1.82) is 0 Å². The molecule has 0 aliphatic heterocycles. The molecule has 3 aromatic heterocycles. The van der Waals surface area contributed by atoms with Gasteiger partial charge in [-0.15, -0.1) is 10.2 Å². The summed E-state index contributed by atoms with van der Waals surface area (Å²) >= 11 is 2.62. The van der Waals surface area contributed by atoms with Gasteiger partial charge >= 0.3 is 0 Å². The minimum absolute atomic E-state index is 0.228. The molecule has 0 aliphatic rings. The average Bonchev–Trinajstić information content (AvgIpc) is 3.19. The van der Waals surface area contributed by atoms with Crippen molar-refractivity contribution in [2.24, 2.45) is 0 Å². The van der Waals surface area contributed by atoms with Crippen LogP contribution in [0.1, 0.15) is 20.4 Å². The number of amides is 1. The molecule has 0 unspecified atom stereocenters. The van der Waals surface area contributed by atoms with Crippen molar-refractivity contribution in [1.82, 2.24) is 19.7 Å². The Morgan fingerprint density at radius 3 is 2.82 bits per heavy atom. The zero-order chi connectivity index (χ0) is 15.5. The Kier molecular flexibility index (Phi) is 4.27. The van der Waals surface area contributed by atoms with Gasteiger partial charge in [-0.1, -0.05) is 22.7 Å². The monoisotopic (exact) mass is 335 g/mol. The molecule has 3 aromatic rings. The minimum Gasteiger partial charge on any atom is -0.377 e. The van der Waals surface area contributed by atoms with E-state index in [9.17, 15) is 4.79 Å². The van der Waals surface area contributed by atoms with Gasteiger partial charge in [-0.2, -0.15) is 0 Å². The first-order chi connectivity index (χ1) is 10.7. The van der Waals surface area contributed by atoms with Crippen molar-refractivity contribution in [3.63, 3.8) is 0 Å². The van der Waals surface area contributed by atoms with E-state index in [1.165, 1.54) is 22.7 Å². The molecule has 114 valence electrons. The summed E-state index contributed by atoms with van der Waals surface area (Å²) in [7, 11) is 1.59. The summed E-state index contributed by atoms with van der Waals surface area (Å²) in [6.45, 7) is 2.19. The summed E-state index contributed by atoms with van der Waals surface area (Å²) in [5.74, 6) is -0.228. The first-order valence-corrected chi connectivity index (χ1v) is 8.04. The van der Waals surface area contributed by atoms with E-state index in [-0.39, 0.29) is 5.91 Å². The lowest BCUT2D eigenvalue weighted by atomic mass is 10.4. The van der Waals surface area contributed by atoms with Gasteiger partial charge in [-0.25, -0.2) is 4.98 Å². The number of hydrogen-bond donors (Lipinski definition) is 1. The molecule has 0 bridgehead atoms. The van der Waals surface area contributed by atoms with E-state index in [0.29, 0.717) is 27.3 Å². The Morgan fingerprint density at radius 2 is 2.09 bits per heavy atom. The van der Waals surface area contributed by atoms with Crippen molar-refractivity contribution in [3.05, 3.63) is 40.1 Å². The predicted octanol–water partition coefficient (Wildman–Crippen LogP) is 2.49. The molecule has 0 spiro atoms. The van der Waals surface area contributed by atoms with Crippen LogP contribution in [0.5, 0.6) is 0 Å². The van der Waals surface area contributed by atoms with Crippen molar-refractivity contribution in [2.45, 2.75) is 13.5 Å². The Labute approximate surface area is 134 Å². The minimum atomic E-state index is -0.228. The number of thiazole rings is 1. The molecule has 1 N–H and O–H groups in total. The Hall–Kier alpha value is -2.10. The zero-order valence-corrected chi connectivity index (χ0v) is 13.6. The van der Waals surface area contributed by atoms with E-state index in [0.717, 1.165) is 5.13 Å². The van der Waals surface area contributed by atoms with Crippen LogP contribution in [0.25, 0.3) is 5.13 Å². The second-order valence-corrected chi connectivity index (χ2v) is 6.43. The molecular weight excluding hydrogens is 322 g/mol. The largest absolute Gasteiger partial charge is 0.377 e. The van der Waals surface area contributed by atoms with E-state index in [2.05, 4.69) is 20.5 Å². The molecule has 3 rings (SSSR count). The smallest absolute Gasteiger partial charge is 0.269 e. The fraction of sp³-hybridized carbons (Fsp3) is 0.231. The van der Waals surface area contributed by atoms with Gasteiger partial charge in [0.05, 0.1) is 5.69 Å². The van der Waals surface area contributed by atoms with E-state index in [1.54, 1.807) is 7.11 Å². The van der Waals surface area contributed by atoms with E-state index in [1.807, 2.05) is 36.0 Å². The standard InChI is InChI=1S/C13H13N5O2S2/c1-8-10(22-13(14-8)18-5-3-4-6-18)11(19)15-12-17-16-9(21-12)7-20-2/h3-6H,7H2,1-2H3,(H,15,17,19). The molecule has 0 radical (unpaired) electrons. The predicted molar refractivity (Wildman–Crippen MR) is 84.8 cm³/mol. The second-order valence-electron chi connectivity index (χ2n) is 4.39. The van der Waals surface area contributed by atoms with Crippen LogP contribution in [0, 0.1) is 6.92 Å². The summed E-state index contributed by atoms with van der Waals surface area (Å²) in [4.78, 5) is 17.3. The molecule has 7 nitrogen and oxygen atoms in total.